The fourth-order valence-electron chi connectivity index (χ4n) is 3.88. The Morgan fingerprint density at radius 1 is 1.12 bits per heavy atom. The van der Waals surface area contributed by atoms with Gasteiger partial charge in [-0.2, -0.15) is 0 Å². The van der Waals surface area contributed by atoms with Gasteiger partial charge in [-0.15, -0.1) is 11.8 Å². The second-order valence-electron chi connectivity index (χ2n) is 7.84. The lowest BCUT2D eigenvalue weighted by atomic mass is 10.1. The second kappa shape index (κ2) is 10.4. The molecule has 1 fully saturated rings. The van der Waals surface area contributed by atoms with Gasteiger partial charge in [-0.3, -0.25) is 14.5 Å². The zero-order chi connectivity index (χ0) is 23.4. The van der Waals surface area contributed by atoms with Gasteiger partial charge in [-0.25, -0.2) is 9.18 Å². The zero-order valence-electron chi connectivity index (χ0n) is 17.7. The predicted octanol–water partition coefficient (Wildman–Crippen LogP) is 3.99. The largest absolute Gasteiger partial charge is 0.356 e. The van der Waals surface area contributed by atoms with E-state index >= 15 is 0 Å². The number of nitrogens with zero attached hydrogens (tertiary/aromatic N) is 2. The number of urea groups is 1. The van der Waals surface area contributed by atoms with Gasteiger partial charge in [-0.1, -0.05) is 48.0 Å². The van der Waals surface area contributed by atoms with Crippen molar-refractivity contribution in [3.63, 3.8) is 0 Å². The topological polar surface area (TPSA) is 69.7 Å². The first-order chi connectivity index (χ1) is 15.9. The fraction of sp³-hybridized carbons (Fsp3) is 0.292. The van der Waals surface area contributed by atoms with E-state index in [1.807, 2.05) is 12.1 Å². The molecule has 2 aliphatic heterocycles. The smallest absolute Gasteiger partial charge is 0.327 e. The van der Waals surface area contributed by atoms with Gasteiger partial charge in [0.1, 0.15) is 11.1 Å². The number of rotatable bonds is 8. The molecule has 0 aliphatic carbocycles. The standard InChI is InChI=1S/C24H23ClFN3O3S/c25-18-7-5-16(6-8-18)9-12-27-21(30)10-13-28-23(31)22-20(11-14-33-22)29(24(28)32)15-17-3-1-2-4-19(17)26/h1-8,11,14,20,22H,9-10,12-13,15H2,(H,27,30). The molecule has 0 spiro atoms. The molecule has 2 unspecified atom stereocenters. The quantitative estimate of drug-likeness (QED) is 0.611. The monoisotopic (exact) mass is 487 g/mol. The van der Waals surface area contributed by atoms with Gasteiger partial charge >= 0.3 is 6.03 Å². The number of hydrogen-bond acceptors (Lipinski definition) is 4. The van der Waals surface area contributed by atoms with Crippen LogP contribution in [0.15, 0.2) is 60.0 Å². The van der Waals surface area contributed by atoms with Crippen LogP contribution in [0.3, 0.4) is 0 Å². The van der Waals surface area contributed by atoms with Crippen LogP contribution in [-0.2, 0) is 22.6 Å². The maximum absolute atomic E-state index is 14.2. The number of nitrogens with one attached hydrogen (secondary N) is 1. The first kappa shape index (κ1) is 23.3. The van der Waals surface area contributed by atoms with Crippen molar-refractivity contribution in [1.82, 2.24) is 15.1 Å². The first-order valence-electron chi connectivity index (χ1n) is 10.6. The van der Waals surface area contributed by atoms with E-state index in [9.17, 15) is 18.8 Å². The average Bonchev–Trinajstić information content (AvgIpc) is 3.29. The third-order valence-corrected chi connectivity index (χ3v) is 7.01. The van der Waals surface area contributed by atoms with Crippen molar-refractivity contribution in [2.45, 2.75) is 30.7 Å². The highest BCUT2D eigenvalue weighted by Gasteiger charge is 2.47. The normalized spacial score (nSPS) is 19.7. The van der Waals surface area contributed by atoms with E-state index in [1.165, 1.54) is 22.7 Å². The second-order valence-corrected chi connectivity index (χ2v) is 9.33. The van der Waals surface area contributed by atoms with Crippen molar-refractivity contribution in [2.75, 3.05) is 13.1 Å². The van der Waals surface area contributed by atoms with Crippen LogP contribution in [-0.4, -0.2) is 52.0 Å². The Hall–Kier alpha value is -2.84. The zero-order valence-corrected chi connectivity index (χ0v) is 19.3. The molecule has 0 radical (unpaired) electrons. The van der Waals surface area contributed by atoms with Gasteiger partial charge in [0, 0.05) is 30.1 Å². The molecular formula is C24H23ClFN3O3S. The molecule has 0 bridgehead atoms. The molecule has 172 valence electrons. The maximum atomic E-state index is 14.2. The molecule has 2 atom stereocenters. The summed E-state index contributed by atoms with van der Waals surface area (Å²) in [6.07, 6.45) is 2.45. The van der Waals surface area contributed by atoms with Crippen molar-refractivity contribution in [3.8, 4) is 0 Å². The van der Waals surface area contributed by atoms with Crippen LogP contribution in [0, 0.1) is 5.82 Å². The van der Waals surface area contributed by atoms with Crippen LogP contribution in [0.5, 0.6) is 0 Å². The molecule has 1 N–H and O–H groups in total. The van der Waals surface area contributed by atoms with Crippen molar-refractivity contribution < 1.29 is 18.8 Å². The Bertz CT molecular complexity index is 1080. The third-order valence-electron chi connectivity index (χ3n) is 5.67. The minimum atomic E-state index is -0.509. The average molecular weight is 488 g/mol. The van der Waals surface area contributed by atoms with Crippen LogP contribution in [0.4, 0.5) is 9.18 Å². The number of carbonyl (C=O) groups excluding carboxylic acids is 3. The van der Waals surface area contributed by atoms with E-state index in [0.29, 0.717) is 23.6 Å². The fourth-order valence-corrected chi connectivity index (χ4v) is 5.07. The minimum Gasteiger partial charge on any atom is -0.356 e. The number of amides is 4. The molecule has 9 heteroatoms. The highest BCUT2D eigenvalue weighted by atomic mass is 35.5. The number of carbonyl (C=O) groups is 3. The summed E-state index contributed by atoms with van der Waals surface area (Å²) in [4.78, 5) is 41.0. The lowest BCUT2D eigenvalue weighted by Crippen LogP contribution is -2.61. The molecule has 0 saturated carbocycles. The molecule has 2 heterocycles. The number of fused-ring (bicyclic) bond motifs is 1. The van der Waals surface area contributed by atoms with E-state index in [2.05, 4.69) is 5.32 Å². The molecule has 4 amide bonds. The van der Waals surface area contributed by atoms with Crippen LogP contribution in [0.25, 0.3) is 0 Å². The van der Waals surface area contributed by atoms with Crippen LogP contribution in [0.2, 0.25) is 5.02 Å². The number of thioether (sulfide) groups is 1. The van der Waals surface area contributed by atoms with E-state index in [1.54, 1.807) is 41.8 Å². The lowest BCUT2D eigenvalue weighted by Gasteiger charge is -2.41. The number of hydrogen-bond donors (Lipinski definition) is 1. The third kappa shape index (κ3) is 5.39. The van der Waals surface area contributed by atoms with Crippen molar-refractivity contribution in [3.05, 3.63) is 82.0 Å². The highest BCUT2D eigenvalue weighted by molar-refractivity contribution is 8.03. The Balaban J connectivity index is 1.35. The number of halogens is 2. The Morgan fingerprint density at radius 3 is 2.64 bits per heavy atom. The number of imide groups is 1. The molecule has 1 saturated heterocycles. The van der Waals surface area contributed by atoms with Gasteiger partial charge in [0.05, 0.1) is 12.6 Å². The Morgan fingerprint density at radius 2 is 1.88 bits per heavy atom. The Labute approximate surface area is 200 Å². The van der Waals surface area contributed by atoms with Crippen molar-refractivity contribution in [1.29, 1.82) is 0 Å². The van der Waals surface area contributed by atoms with Gasteiger partial charge in [0.2, 0.25) is 11.8 Å². The van der Waals surface area contributed by atoms with Crippen LogP contribution in [0.1, 0.15) is 17.5 Å². The SMILES string of the molecule is O=C(CCN1C(=O)C2SC=CC2N(Cc2ccccc2F)C1=O)NCCc1ccc(Cl)cc1. The summed E-state index contributed by atoms with van der Waals surface area (Å²) in [6, 6.07) is 12.7. The van der Waals surface area contributed by atoms with Gasteiger partial charge in [0.25, 0.3) is 0 Å². The van der Waals surface area contributed by atoms with Crippen LogP contribution < -0.4 is 5.32 Å². The summed E-state index contributed by atoms with van der Waals surface area (Å²) >= 11 is 7.21. The summed E-state index contributed by atoms with van der Waals surface area (Å²) in [7, 11) is 0. The molecule has 2 aliphatic rings. The molecule has 2 aromatic rings. The summed E-state index contributed by atoms with van der Waals surface area (Å²) in [5.74, 6) is -0.969. The summed E-state index contributed by atoms with van der Waals surface area (Å²) in [6.45, 7) is 0.461. The minimum absolute atomic E-state index is 0.00111. The predicted molar refractivity (Wildman–Crippen MR) is 126 cm³/mol. The van der Waals surface area contributed by atoms with Crippen molar-refractivity contribution >= 4 is 41.2 Å². The van der Waals surface area contributed by atoms with Gasteiger partial charge < -0.3 is 10.2 Å². The summed E-state index contributed by atoms with van der Waals surface area (Å²) in [5, 5.41) is 4.78. The van der Waals surface area contributed by atoms with E-state index in [4.69, 9.17) is 11.6 Å². The van der Waals surface area contributed by atoms with E-state index in [-0.39, 0.29) is 31.3 Å². The van der Waals surface area contributed by atoms with E-state index < -0.39 is 23.1 Å². The molecular weight excluding hydrogens is 465 g/mol. The van der Waals surface area contributed by atoms with E-state index in [0.717, 1.165) is 10.5 Å². The van der Waals surface area contributed by atoms with Crippen molar-refractivity contribution in [2.24, 2.45) is 0 Å². The highest BCUT2D eigenvalue weighted by Crippen LogP contribution is 2.35. The number of benzene rings is 2. The Kier molecular flexibility index (Phi) is 7.35. The molecule has 0 aromatic heterocycles. The molecule has 33 heavy (non-hydrogen) atoms. The maximum Gasteiger partial charge on any atom is 0.327 e. The van der Waals surface area contributed by atoms with Crippen LogP contribution >= 0.6 is 23.4 Å². The summed E-state index contributed by atoms with van der Waals surface area (Å²) in [5.41, 5.74) is 1.42. The molecule has 2 aromatic carbocycles. The molecule has 6 nitrogen and oxygen atoms in total. The lowest BCUT2D eigenvalue weighted by molar-refractivity contribution is -0.131. The molecule has 4 rings (SSSR count). The first-order valence-corrected chi connectivity index (χ1v) is 11.9. The van der Waals surface area contributed by atoms with Gasteiger partial charge in [0.15, 0.2) is 0 Å². The summed E-state index contributed by atoms with van der Waals surface area (Å²) < 4.78 is 14.2. The van der Waals surface area contributed by atoms with Gasteiger partial charge in [-0.05, 0) is 35.6 Å².